The molecule has 3 aromatic rings. The number of H-pyrrole nitrogens is 1. The van der Waals surface area contributed by atoms with E-state index in [-0.39, 0.29) is 11.5 Å². The molecule has 0 saturated heterocycles. The fraction of sp³-hybridized carbons (Fsp3) is 0.188. The zero-order chi connectivity index (χ0) is 16.5. The summed E-state index contributed by atoms with van der Waals surface area (Å²) in [6.45, 7) is 1.29. The van der Waals surface area contributed by atoms with Crippen LogP contribution in [-0.2, 0) is 6.54 Å². The second kappa shape index (κ2) is 5.73. The molecule has 1 aromatic carbocycles. The number of fused-ring (bicyclic) bond motifs is 1. The zero-order valence-corrected chi connectivity index (χ0v) is 12.7. The van der Waals surface area contributed by atoms with Gasteiger partial charge in [0.05, 0.1) is 18.5 Å². The van der Waals surface area contributed by atoms with Gasteiger partial charge in [0.25, 0.3) is 11.5 Å². The number of carbonyl (C=O) groups excluding carboxylic acids is 1. The molecule has 4 rings (SSSR count). The molecule has 0 fully saturated rings. The highest BCUT2D eigenvalue weighted by molar-refractivity contribution is 6.05. The smallest absolute Gasteiger partial charge is 0.273 e. The summed E-state index contributed by atoms with van der Waals surface area (Å²) in [5, 5.41) is 9.70. The second-order valence-electron chi connectivity index (χ2n) is 5.42. The number of nitrogens with zero attached hydrogens (tertiary/aromatic N) is 3. The SMILES string of the molecule is O=C(Nc1cc(=O)n(-c2ccccc2)[nH]1)c1cnn2c1OCCC2. The first-order valence-electron chi connectivity index (χ1n) is 7.60. The predicted octanol–water partition coefficient (Wildman–Crippen LogP) is 1.40. The van der Waals surface area contributed by atoms with Crippen molar-refractivity contribution in [3.63, 3.8) is 0 Å². The Kier molecular flexibility index (Phi) is 3.42. The number of aryl methyl sites for hydroxylation is 1. The van der Waals surface area contributed by atoms with Crippen molar-refractivity contribution in [1.29, 1.82) is 0 Å². The van der Waals surface area contributed by atoms with Crippen LogP contribution in [0, 0.1) is 0 Å². The lowest BCUT2D eigenvalue weighted by molar-refractivity contribution is 0.102. The average molecular weight is 325 g/mol. The van der Waals surface area contributed by atoms with Crippen molar-refractivity contribution < 1.29 is 9.53 Å². The van der Waals surface area contributed by atoms with Crippen LogP contribution in [0.4, 0.5) is 5.82 Å². The Balaban J connectivity index is 1.59. The second-order valence-corrected chi connectivity index (χ2v) is 5.42. The molecule has 24 heavy (non-hydrogen) atoms. The molecule has 0 aliphatic carbocycles. The van der Waals surface area contributed by atoms with Gasteiger partial charge >= 0.3 is 0 Å². The number of amides is 1. The first kappa shape index (κ1) is 14.3. The van der Waals surface area contributed by atoms with E-state index >= 15 is 0 Å². The average Bonchev–Trinajstić information content (AvgIpc) is 3.19. The molecular formula is C16H15N5O3. The summed E-state index contributed by atoms with van der Waals surface area (Å²) in [6, 6.07) is 10.5. The molecule has 0 unspecified atom stereocenters. The van der Waals surface area contributed by atoms with Crippen molar-refractivity contribution in [2.75, 3.05) is 11.9 Å². The van der Waals surface area contributed by atoms with Gasteiger partial charge in [-0.05, 0) is 12.1 Å². The Morgan fingerprint density at radius 2 is 2.12 bits per heavy atom. The van der Waals surface area contributed by atoms with Crippen LogP contribution >= 0.6 is 0 Å². The lowest BCUT2D eigenvalue weighted by atomic mass is 10.3. The monoisotopic (exact) mass is 325 g/mol. The lowest BCUT2D eigenvalue weighted by Gasteiger charge is -2.15. The molecule has 0 radical (unpaired) electrons. The Hall–Kier alpha value is -3.29. The maximum Gasteiger partial charge on any atom is 0.273 e. The van der Waals surface area contributed by atoms with Crippen molar-refractivity contribution in [1.82, 2.24) is 19.6 Å². The minimum absolute atomic E-state index is 0.259. The van der Waals surface area contributed by atoms with Crippen molar-refractivity contribution in [2.45, 2.75) is 13.0 Å². The van der Waals surface area contributed by atoms with Crippen LogP contribution in [-0.4, -0.2) is 32.1 Å². The number of hydrogen-bond acceptors (Lipinski definition) is 4. The molecule has 3 heterocycles. The molecule has 1 amide bonds. The van der Waals surface area contributed by atoms with Crippen LogP contribution in [0.1, 0.15) is 16.8 Å². The number of nitrogens with one attached hydrogen (secondary N) is 2. The summed E-state index contributed by atoms with van der Waals surface area (Å²) in [6.07, 6.45) is 2.34. The number of ether oxygens (including phenoxy) is 1. The highest BCUT2D eigenvalue weighted by atomic mass is 16.5. The number of rotatable bonds is 3. The number of aromatic nitrogens is 4. The van der Waals surface area contributed by atoms with Crippen molar-refractivity contribution in [2.24, 2.45) is 0 Å². The third-order valence-electron chi connectivity index (χ3n) is 3.77. The number of anilines is 1. The third kappa shape index (κ3) is 2.47. The Morgan fingerprint density at radius 1 is 1.29 bits per heavy atom. The minimum Gasteiger partial charge on any atom is -0.477 e. The number of aromatic amines is 1. The van der Waals surface area contributed by atoms with Gasteiger partial charge in [0.2, 0.25) is 5.88 Å². The van der Waals surface area contributed by atoms with Crippen molar-refractivity contribution in [3.8, 4) is 11.6 Å². The highest BCUT2D eigenvalue weighted by Gasteiger charge is 2.22. The fourth-order valence-corrected chi connectivity index (χ4v) is 2.64. The molecule has 0 bridgehead atoms. The fourth-order valence-electron chi connectivity index (χ4n) is 2.64. The zero-order valence-electron chi connectivity index (χ0n) is 12.7. The molecule has 0 saturated carbocycles. The van der Waals surface area contributed by atoms with Crippen molar-refractivity contribution >= 4 is 11.7 Å². The summed E-state index contributed by atoms with van der Waals surface area (Å²) in [5.74, 6) is 0.396. The predicted molar refractivity (Wildman–Crippen MR) is 86.7 cm³/mol. The van der Waals surface area contributed by atoms with Gasteiger partial charge in [-0.15, -0.1) is 0 Å². The first-order valence-corrected chi connectivity index (χ1v) is 7.60. The van der Waals surface area contributed by atoms with Crippen LogP contribution in [0.25, 0.3) is 5.69 Å². The molecule has 2 N–H and O–H groups in total. The molecule has 1 aliphatic rings. The molecule has 2 aromatic heterocycles. The standard InChI is InChI=1S/C16H15N5O3/c22-14-9-13(19-21(14)11-5-2-1-3-6-11)18-15(23)12-10-17-20-7-4-8-24-16(12)20/h1-3,5-6,9-10,19H,4,7-8H2,(H,18,23). The van der Waals surface area contributed by atoms with E-state index in [2.05, 4.69) is 15.5 Å². The normalized spacial score (nSPS) is 13.2. The van der Waals surface area contributed by atoms with Gasteiger partial charge in [0, 0.05) is 19.0 Å². The summed E-state index contributed by atoms with van der Waals surface area (Å²) in [4.78, 5) is 24.5. The first-order chi connectivity index (χ1) is 11.7. The summed E-state index contributed by atoms with van der Waals surface area (Å²) in [7, 11) is 0. The van der Waals surface area contributed by atoms with Gasteiger partial charge in [-0.3, -0.25) is 14.7 Å². The Bertz CT molecular complexity index is 938. The molecule has 0 spiro atoms. The third-order valence-corrected chi connectivity index (χ3v) is 3.77. The van der Waals surface area contributed by atoms with Gasteiger partial charge in [-0.25, -0.2) is 9.36 Å². The topological polar surface area (TPSA) is 93.9 Å². The van der Waals surface area contributed by atoms with Gasteiger partial charge in [0.1, 0.15) is 11.4 Å². The van der Waals surface area contributed by atoms with Crippen LogP contribution < -0.4 is 15.6 Å². The van der Waals surface area contributed by atoms with Gasteiger partial charge in [-0.2, -0.15) is 5.10 Å². The number of para-hydroxylation sites is 1. The maximum absolute atomic E-state index is 12.4. The molecule has 8 nitrogen and oxygen atoms in total. The molecular weight excluding hydrogens is 310 g/mol. The van der Waals surface area contributed by atoms with E-state index in [1.54, 1.807) is 16.8 Å². The number of hydrogen-bond donors (Lipinski definition) is 2. The van der Waals surface area contributed by atoms with E-state index in [9.17, 15) is 9.59 Å². The molecule has 0 atom stereocenters. The van der Waals surface area contributed by atoms with E-state index in [0.717, 1.165) is 13.0 Å². The van der Waals surface area contributed by atoms with Crippen LogP contribution in [0.3, 0.4) is 0 Å². The molecule has 122 valence electrons. The van der Waals surface area contributed by atoms with E-state index in [1.165, 1.54) is 16.9 Å². The summed E-state index contributed by atoms with van der Waals surface area (Å²) >= 11 is 0. The van der Waals surface area contributed by atoms with Crippen molar-refractivity contribution in [3.05, 3.63) is 58.5 Å². The summed E-state index contributed by atoms with van der Waals surface area (Å²) in [5.41, 5.74) is 0.780. The van der Waals surface area contributed by atoms with Gasteiger partial charge < -0.3 is 10.1 Å². The van der Waals surface area contributed by atoms with Crippen LogP contribution in [0.15, 0.2) is 47.4 Å². The van der Waals surface area contributed by atoms with Crippen LogP contribution in [0.2, 0.25) is 0 Å². The Labute approximate surface area is 136 Å². The summed E-state index contributed by atoms with van der Waals surface area (Å²) < 4.78 is 8.54. The number of carbonyl (C=O) groups is 1. The van der Waals surface area contributed by atoms with E-state index < -0.39 is 0 Å². The lowest BCUT2D eigenvalue weighted by Crippen LogP contribution is -2.18. The largest absolute Gasteiger partial charge is 0.477 e. The molecule has 8 heteroatoms. The highest BCUT2D eigenvalue weighted by Crippen LogP contribution is 2.23. The van der Waals surface area contributed by atoms with Gasteiger partial charge in [-0.1, -0.05) is 18.2 Å². The van der Waals surface area contributed by atoms with E-state index in [1.807, 2.05) is 18.2 Å². The maximum atomic E-state index is 12.4. The quantitative estimate of drug-likeness (QED) is 0.761. The minimum atomic E-state index is -0.375. The molecule has 1 aliphatic heterocycles. The van der Waals surface area contributed by atoms with E-state index in [4.69, 9.17) is 4.74 Å². The van der Waals surface area contributed by atoms with Crippen LogP contribution in [0.5, 0.6) is 5.88 Å². The van der Waals surface area contributed by atoms with E-state index in [0.29, 0.717) is 29.6 Å². The number of benzene rings is 1. The van der Waals surface area contributed by atoms with Gasteiger partial charge in [0.15, 0.2) is 0 Å². The Morgan fingerprint density at radius 3 is 2.96 bits per heavy atom.